The van der Waals surface area contributed by atoms with E-state index in [1.165, 1.54) is 17.7 Å². The van der Waals surface area contributed by atoms with E-state index in [0.717, 1.165) is 11.4 Å². The van der Waals surface area contributed by atoms with Crippen LogP contribution in [0.1, 0.15) is 30.1 Å². The van der Waals surface area contributed by atoms with Gasteiger partial charge in [-0.15, -0.1) is 11.3 Å². The minimum absolute atomic E-state index is 0.0784. The van der Waals surface area contributed by atoms with Crippen LogP contribution in [0.5, 0.6) is 0 Å². The quantitative estimate of drug-likeness (QED) is 0.476. The summed E-state index contributed by atoms with van der Waals surface area (Å²) in [7, 11) is 0. The van der Waals surface area contributed by atoms with Crippen LogP contribution >= 0.6 is 11.3 Å². The first-order valence-corrected chi connectivity index (χ1v) is 9.71. The van der Waals surface area contributed by atoms with Gasteiger partial charge in [-0.25, -0.2) is 15.0 Å². The Labute approximate surface area is 171 Å². The largest absolute Gasteiger partial charge is 0.390 e. The molecule has 1 aliphatic heterocycles. The van der Waals surface area contributed by atoms with Gasteiger partial charge >= 0.3 is 0 Å². The molecule has 1 aromatic carbocycles. The maximum Gasteiger partial charge on any atom is 0.236 e. The van der Waals surface area contributed by atoms with E-state index in [1.807, 2.05) is 30.0 Å². The molecule has 9 nitrogen and oxygen atoms in total. The Morgan fingerprint density at radius 1 is 1.34 bits per heavy atom. The molecule has 29 heavy (non-hydrogen) atoms. The highest BCUT2D eigenvalue weighted by Crippen LogP contribution is 2.39. The van der Waals surface area contributed by atoms with Gasteiger partial charge in [-0.05, 0) is 32.0 Å². The number of nitrogen functional groups attached to an aromatic ring is 1. The topological polar surface area (TPSA) is 133 Å². The minimum atomic E-state index is -1.43. The summed E-state index contributed by atoms with van der Waals surface area (Å²) >= 11 is 1.26. The average Bonchev–Trinajstić information content (AvgIpc) is 3.30. The highest BCUT2D eigenvalue weighted by atomic mass is 32.1. The summed E-state index contributed by atoms with van der Waals surface area (Å²) in [6.07, 6.45) is 1.29. The number of aliphatic hydroxyl groups is 2. The molecular formula is C19H19N7O2S. The molecule has 0 fully saturated rings. The summed E-state index contributed by atoms with van der Waals surface area (Å²) < 4.78 is 0. The van der Waals surface area contributed by atoms with E-state index >= 15 is 0 Å². The third-order valence-electron chi connectivity index (χ3n) is 4.38. The van der Waals surface area contributed by atoms with Crippen LogP contribution in [0, 0.1) is 11.8 Å². The van der Waals surface area contributed by atoms with E-state index in [-0.39, 0.29) is 18.7 Å². The predicted octanol–water partition coefficient (Wildman–Crippen LogP) is 1.57. The van der Waals surface area contributed by atoms with Crippen molar-refractivity contribution in [1.29, 1.82) is 0 Å². The first-order chi connectivity index (χ1) is 13.9. The SMILES string of the molecule is CC1Nc2ccc(C#CC(C)(O)c3nc(CO)cs3)cc2N1c1ncnc(N)n1. The highest BCUT2D eigenvalue weighted by molar-refractivity contribution is 7.09. The van der Waals surface area contributed by atoms with Crippen LogP contribution in [0.25, 0.3) is 0 Å². The molecule has 3 aromatic rings. The van der Waals surface area contributed by atoms with Crippen LogP contribution < -0.4 is 16.0 Å². The zero-order valence-corrected chi connectivity index (χ0v) is 16.6. The van der Waals surface area contributed by atoms with Crippen LogP contribution in [-0.4, -0.2) is 36.3 Å². The lowest BCUT2D eigenvalue weighted by atomic mass is 10.1. The van der Waals surface area contributed by atoms with Gasteiger partial charge in [0.2, 0.25) is 11.9 Å². The van der Waals surface area contributed by atoms with Crippen molar-refractivity contribution in [3.05, 3.63) is 46.2 Å². The molecule has 10 heteroatoms. The Balaban J connectivity index is 1.66. The fourth-order valence-electron chi connectivity index (χ4n) is 2.98. The number of benzene rings is 1. The van der Waals surface area contributed by atoms with E-state index in [4.69, 9.17) is 10.8 Å². The summed E-state index contributed by atoms with van der Waals surface area (Å²) in [6, 6.07) is 5.69. The number of hydrogen-bond donors (Lipinski definition) is 4. The molecule has 3 heterocycles. The Kier molecular flexibility index (Phi) is 4.79. The molecule has 0 radical (unpaired) electrons. The monoisotopic (exact) mass is 409 g/mol. The summed E-state index contributed by atoms with van der Waals surface area (Å²) in [6.45, 7) is 3.39. The fraction of sp³-hybridized carbons (Fsp3) is 0.263. The first-order valence-electron chi connectivity index (χ1n) is 8.83. The van der Waals surface area contributed by atoms with Crippen LogP contribution in [0.4, 0.5) is 23.3 Å². The lowest BCUT2D eigenvalue weighted by Gasteiger charge is -2.21. The Morgan fingerprint density at radius 2 is 2.17 bits per heavy atom. The maximum absolute atomic E-state index is 10.7. The van der Waals surface area contributed by atoms with E-state index in [9.17, 15) is 5.11 Å². The van der Waals surface area contributed by atoms with Gasteiger partial charge in [0.15, 0.2) is 5.60 Å². The predicted molar refractivity (Wildman–Crippen MR) is 110 cm³/mol. The summed E-state index contributed by atoms with van der Waals surface area (Å²) in [4.78, 5) is 18.4. The number of nitrogens with two attached hydrogens (primary N) is 1. The van der Waals surface area contributed by atoms with Crippen molar-refractivity contribution >= 4 is 34.6 Å². The molecule has 0 bridgehead atoms. The van der Waals surface area contributed by atoms with Crippen molar-refractivity contribution in [2.75, 3.05) is 16.0 Å². The van der Waals surface area contributed by atoms with Crippen molar-refractivity contribution in [3.8, 4) is 11.8 Å². The summed E-state index contributed by atoms with van der Waals surface area (Å²) in [5, 5.41) is 25.3. The van der Waals surface area contributed by atoms with Gasteiger partial charge in [0.1, 0.15) is 17.5 Å². The van der Waals surface area contributed by atoms with Crippen molar-refractivity contribution in [2.24, 2.45) is 0 Å². The van der Waals surface area contributed by atoms with Gasteiger partial charge in [-0.3, -0.25) is 4.90 Å². The Morgan fingerprint density at radius 3 is 2.90 bits per heavy atom. The van der Waals surface area contributed by atoms with Gasteiger partial charge in [0, 0.05) is 10.9 Å². The number of aliphatic hydroxyl groups excluding tert-OH is 1. The Hall–Kier alpha value is -3.26. The number of hydrogen-bond acceptors (Lipinski definition) is 10. The van der Waals surface area contributed by atoms with Crippen molar-refractivity contribution in [3.63, 3.8) is 0 Å². The molecule has 2 aromatic heterocycles. The molecule has 1 aliphatic rings. The second-order valence-electron chi connectivity index (χ2n) is 6.69. The van der Waals surface area contributed by atoms with Crippen LogP contribution in [0.15, 0.2) is 29.9 Å². The molecule has 0 saturated carbocycles. The van der Waals surface area contributed by atoms with Gasteiger partial charge in [-0.1, -0.05) is 11.8 Å². The third-order valence-corrected chi connectivity index (χ3v) is 5.48. The van der Waals surface area contributed by atoms with E-state index in [2.05, 4.69) is 37.1 Å². The molecule has 0 aliphatic carbocycles. The molecule has 2 atom stereocenters. The third kappa shape index (κ3) is 3.71. The lowest BCUT2D eigenvalue weighted by Crippen LogP contribution is -2.30. The van der Waals surface area contributed by atoms with E-state index in [0.29, 0.717) is 22.2 Å². The number of thiazole rings is 1. The molecule has 4 rings (SSSR count). The molecule has 0 saturated heterocycles. The van der Waals surface area contributed by atoms with E-state index < -0.39 is 5.60 Å². The van der Waals surface area contributed by atoms with Crippen molar-refractivity contribution < 1.29 is 10.2 Å². The average molecular weight is 409 g/mol. The zero-order valence-electron chi connectivity index (χ0n) is 15.8. The van der Waals surface area contributed by atoms with Gasteiger partial charge < -0.3 is 21.3 Å². The van der Waals surface area contributed by atoms with Gasteiger partial charge in [0.05, 0.1) is 23.7 Å². The Bertz CT molecular complexity index is 1120. The van der Waals surface area contributed by atoms with Crippen molar-refractivity contribution in [1.82, 2.24) is 19.9 Å². The fourth-order valence-corrected chi connectivity index (χ4v) is 3.80. The number of nitrogens with one attached hydrogen (secondary N) is 1. The van der Waals surface area contributed by atoms with Gasteiger partial charge in [-0.2, -0.15) is 4.98 Å². The number of rotatable bonds is 3. The van der Waals surface area contributed by atoms with E-state index in [1.54, 1.807) is 12.3 Å². The zero-order chi connectivity index (χ0) is 20.6. The molecule has 0 spiro atoms. The number of nitrogens with zero attached hydrogens (tertiary/aromatic N) is 5. The number of aromatic nitrogens is 4. The second-order valence-corrected chi connectivity index (χ2v) is 7.55. The van der Waals surface area contributed by atoms with Gasteiger partial charge in [0.25, 0.3) is 0 Å². The minimum Gasteiger partial charge on any atom is -0.390 e. The molecular weight excluding hydrogens is 390 g/mol. The maximum atomic E-state index is 10.7. The van der Waals surface area contributed by atoms with Crippen LogP contribution in [0.3, 0.4) is 0 Å². The molecule has 148 valence electrons. The lowest BCUT2D eigenvalue weighted by molar-refractivity contribution is 0.121. The highest BCUT2D eigenvalue weighted by Gasteiger charge is 2.29. The molecule has 5 N–H and O–H groups in total. The molecule has 2 unspecified atom stereocenters. The summed E-state index contributed by atoms with van der Waals surface area (Å²) in [5.41, 5.74) is 7.27. The second kappa shape index (κ2) is 7.29. The summed E-state index contributed by atoms with van der Waals surface area (Å²) in [5.74, 6) is 6.46. The van der Waals surface area contributed by atoms with Crippen molar-refractivity contribution in [2.45, 2.75) is 32.2 Å². The number of fused-ring (bicyclic) bond motifs is 1. The smallest absolute Gasteiger partial charge is 0.236 e. The molecule has 0 amide bonds. The number of anilines is 4. The van der Waals surface area contributed by atoms with Crippen LogP contribution in [-0.2, 0) is 12.2 Å². The van der Waals surface area contributed by atoms with Crippen LogP contribution in [0.2, 0.25) is 0 Å². The normalized spacial score (nSPS) is 17.1. The first kappa shape index (κ1) is 19.1. The standard InChI is InChI=1S/C19H19N7O2S/c1-11-23-14-4-3-12(5-6-19(2,28)16-24-13(8-27)9-29-16)7-15(14)26(11)18-22-10-21-17(20)25-18/h3-4,7,9-11,23,27-28H,8H2,1-2H3,(H2,20,21,22,25).